The van der Waals surface area contributed by atoms with Gasteiger partial charge < -0.3 is 10.2 Å². The van der Waals surface area contributed by atoms with E-state index in [1.807, 2.05) is 0 Å². The van der Waals surface area contributed by atoms with Gasteiger partial charge in [0.05, 0.1) is 12.8 Å². The van der Waals surface area contributed by atoms with Crippen LogP contribution in [0.3, 0.4) is 0 Å². The standard InChI is InChI=1S/C11H10ClFO4/c12-7-2-1-3-8(13)11(7)6(4-9(14)15)5-10(16)17/h1-3,6H,4-5H2,(H,14,15)(H,16,17). The third kappa shape index (κ3) is 3.71. The van der Waals surface area contributed by atoms with Crippen molar-refractivity contribution in [3.63, 3.8) is 0 Å². The number of benzene rings is 1. The van der Waals surface area contributed by atoms with Gasteiger partial charge in [-0.15, -0.1) is 0 Å². The van der Waals surface area contributed by atoms with E-state index in [-0.39, 0.29) is 10.6 Å². The topological polar surface area (TPSA) is 74.6 Å². The number of carboxylic acid groups (broad SMARTS) is 2. The first-order valence-corrected chi connectivity index (χ1v) is 5.17. The lowest BCUT2D eigenvalue weighted by atomic mass is 9.92. The maximum atomic E-state index is 13.5. The van der Waals surface area contributed by atoms with Crippen LogP contribution in [-0.2, 0) is 9.59 Å². The van der Waals surface area contributed by atoms with Crippen LogP contribution < -0.4 is 0 Å². The molecular weight excluding hydrogens is 251 g/mol. The molecule has 1 aromatic carbocycles. The van der Waals surface area contributed by atoms with Crippen molar-refractivity contribution in [3.05, 3.63) is 34.6 Å². The molecule has 6 heteroatoms. The van der Waals surface area contributed by atoms with Gasteiger partial charge in [-0.3, -0.25) is 9.59 Å². The Hall–Kier alpha value is -1.62. The fourth-order valence-corrected chi connectivity index (χ4v) is 1.92. The Bertz CT molecular complexity index is 411. The largest absolute Gasteiger partial charge is 0.481 e. The number of hydrogen-bond donors (Lipinski definition) is 2. The smallest absolute Gasteiger partial charge is 0.303 e. The molecule has 0 amide bonds. The Balaban J connectivity index is 3.11. The Morgan fingerprint density at radius 3 is 2.18 bits per heavy atom. The Kier molecular flexibility index (Phi) is 4.45. The van der Waals surface area contributed by atoms with Gasteiger partial charge in [0.15, 0.2) is 0 Å². The van der Waals surface area contributed by atoms with Gasteiger partial charge in [-0.25, -0.2) is 4.39 Å². The number of halogens is 2. The van der Waals surface area contributed by atoms with E-state index in [1.54, 1.807) is 0 Å². The van der Waals surface area contributed by atoms with Crippen LogP contribution in [0.1, 0.15) is 24.3 Å². The molecule has 0 spiro atoms. The van der Waals surface area contributed by atoms with Crippen molar-refractivity contribution in [3.8, 4) is 0 Å². The van der Waals surface area contributed by atoms with Crippen LogP contribution in [0, 0.1) is 5.82 Å². The second kappa shape index (κ2) is 5.63. The summed E-state index contributed by atoms with van der Waals surface area (Å²) in [5, 5.41) is 17.4. The highest BCUT2D eigenvalue weighted by molar-refractivity contribution is 6.31. The summed E-state index contributed by atoms with van der Waals surface area (Å²) in [6.45, 7) is 0. The number of carbonyl (C=O) groups is 2. The first-order chi connectivity index (χ1) is 7.91. The van der Waals surface area contributed by atoms with Crippen LogP contribution in [0.25, 0.3) is 0 Å². The highest BCUT2D eigenvalue weighted by Gasteiger charge is 2.24. The molecule has 2 N–H and O–H groups in total. The van der Waals surface area contributed by atoms with E-state index >= 15 is 0 Å². The average Bonchev–Trinajstić information content (AvgIpc) is 2.14. The van der Waals surface area contributed by atoms with Gasteiger partial charge in [-0.05, 0) is 12.1 Å². The van der Waals surface area contributed by atoms with E-state index < -0.39 is 36.5 Å². The first-order valence-electron chi connectivity index (χ1n) is 4.79. The fourth-order valence-electron chi connectivity index (χ4n) is 1.60. The second-order valence-corrected chi connectivity index (χ2v) is 3.94. The summed E-state index contributed by atoms with van der Waals surface area (Å²) in [6, 6.07) is 3.90. The third-order valence-corrected chi connectivity index (χ3v) is 2.58. The molecular formula is C11H10ClFO4. The predicted molar refractivity (Wildman–Crippen MR) is 58.7 cm³/mol. The number of rotatable bonds is 5. The molecule has 0 aliphatic heterocycles. The van der Waals surface area contributed by atoms with Crippen LogP contribution in [0.4, 0.5) is 4.39 Å². The second-order valence-electron chi connectivity index (χ2n) is 3.53. The molecule has 0 atom stereocenters. The van der Waals surface area contributed by atoms with Crippen LogP contribution in [-0.4, -0.2) is 22.2 Å². The molecule has 0 saturated heterocycles. The minimum atomic E-state index is -1.20. The molecule has 17 heavy (non-hydrogen) atoms. The van der Waals surface area contributed by atoms with Gasteiger partial charge in [0.25, 0.3) is 0 Å². The molecule has 0 fully saturated rings. The van der Waals surface area contributed by atoms with E-state index in [0.29, 0.717) is 0 Å². The zero-order chi connectivity index (χ0) is 13.0. The van der Waals surface area contributed by atoms with Crippen molar-refractivity contribution in [2.75, 3.05) is 0 Å². The maximum Gasteiger partial charge on any atom is 0.303 e. The van der Waals surface area contributed by atoms with Crippen molar-refractivity contribution in [2.24, 2.45) is 0 Å². The van der Waals surface area contributed by atoms with Gasteiger partial charge in [-0.1, -0.05) is 17.7 Å². The van der Waals surface area contributed by atoms with Gasteiger partial charge >= 0.3 is 11.9 Å². The average molecular weight is 261 g/mol. The zero-order valence-corrected chi connectivity index (χ0v) is 9.45. The first kappa shape index (κ1) is 13.4. The molecule has 0 aliphatic carbocycles. The Morgan fingerprint density at radius 1 is 1.24 bits per heavy atom. The molecule has 0 unspecified atom stereocenters. The molecule has 0 aliphatic rings. The minimum absolute atomic E-state index is 0.0394. The molecule has 92 valence electrons. The van der Waals surface area contributed by atoms with Crippen molar-refractivity contribution < 1.29 is 24.2 Å². The van der Waals surface area contributed by atoms with Gasteiger partial charge in [0, 0.05) is 16.5 Å². The van der Waals surface area contributed by atoms with Gasteiger partial charge in [0.2, 0.25) is 0 Å². The molecule has 1 rings (SSSR count). The fraction of sp³-hybridized carbons (Fsp3) is 0.273. The molecule has 1 aromatic rings. The lowest BCUT2D eigenvalue weighted by molar-refractivity contribution is -0.139. The normalized spacial score (nSPS) is 10.5. The van der Waals surface area contributed by atoms with Crippen molar-refractivity contribution in [1.82, 2.24) is 0 Å². The van der Waals surface area contributed by atoms with E-state index in [2.05, 4.69) is 0 Å². The molecule has 0 radical (unpaired) electrons. The van der Waals surface area contributed by atoms with Gasteiger partial charge in [-0.2, -0.15) is 0 Å². The summed E-state index contributed by atoms with van der Waals surface area (Å²) in [7, 11) is 0. The molecule has 0 saturated carbocycles. The lowest BCUT2D eigenvalue weighted by Crippen LogP contribution is -2.13. The zero-order valence-electron chi connectivity index (χ0n) is 8.69. The number of carboxylic acids is 2. The van der Waals surface area contributed by atoms with Crippen molar-refractivity contribution in [2.45, 2.75) is 18.8 Å². The summed E-state index contributed by atoms with van der Waals surface area (Å²) in [5.41, 5.74) is -0.0565. The predicted octanol–water partition coefficient (Wildman–Crippen LogP) is 2.51. The monoisotopic (exact) mass is 260 g/mol. The summed E-state index contributed by atoms with van der Waals surface area (Å²) >= 11 is 5.77. The molecule has 0 bridgehead atoms. The van der Waals surface area contributed by atoms with E-state index in [1.165, 1.54) is 12.1 Å². The molecule has 4 nitrogen and oxygen atoms in total. The minimum Gasteiger partial charge on any atom is -0.481 e. The summed E-state index contributed by atoms with van der Waals surface area (Å²) < 4.78 is 13.5. The van der Waals surface area contributed by atoms with E-state index in [0.717, 1.165) is 6.07 Å². The quantitative estimate of drug-likeness (QED) is 0.853. The lowest BCUT2D eigenvalue weighted by Gasteiger charge is -2.15. The Morgan fingerprint density at radius 2 is 1.76 bits per heavy atom. The molecule has 0 heterocycles. The van der Waals surface area contributed by atoms with Crippen molar-refractivity contribution >= 4 is 23.5 Å². The number of aliphatic carboxylic acids is 2. The van der Waals surface area contributed by atoms with Crippen LogP contribution >= 0.6 is 11.6 Å². The molecule has 0 aromatic heterocycles. The third-order valence-electron chi connectivity index (χ3n) is 2.25. The van der Waals surface area contributed by atoms with E-state index in [9.17, 15) is 14.0 Å². The number of hydrogen-bond acceptors (Lipinski definition) is 2. The van der Waals surface area contributed by atoms with Crippen LogP contribution in [0.15, 0.2) is 18.2 Å². The summed E-state index contributed by atoms with van der Waals surface area (Å²) in [5.74, 6) is -4.06. The Labute approximate surface area is 102 Å². The highest BCUT2D eigenvalue weighted by Crippen LogP contribution is 2.32. The summed E-state index contributed by atoms with van der Waals surface area (Å²) in [6.07, 6.45) is -0.958. The summed E-state index contributed by atoms with van der Waals surface area (Å²) in [4.78, 5) is 21.3. The van der Waals surface area contributed by atoms with Crippen LogP contribution in [0.2, 0.25) is 5.02 Å². The maximum absolute atomic E-state index is 13.5. The van der Waals surface area contributed by atoms with Crippen molar-refractivity contribution in [1.29, 1.82) is 0 Å². The van der Waals surface area contributed by atoms with E-state index in [4.69, 9.17) is 21.8 Å². The highest BCUT2D eigenvalue weighted by atomic mass is 35.5. The SMILES string of the molecule is O=C(O)CC(CC(=O)O)c1c(F)cccc1Cl. The van der Waals surface area contributed by atoms with Gasteiger partial charge in [0.1, 0.15) is 5.82 Å². The van der Waals surface area contributed by atoms with Crippen LogP contribution in [0.5, 0.6) is 0 Å².